The van der Waals surface area contributed by atoms with E-state index >= 15 is 0 Å². The molecule has 0 bridgehead atoms. The average molecular weight is 266 g/mol. The molecule has 0 unspecified atom stereocenters. The molecular formula is C10H8BrN3O. The highest BCUT2D eigenvalue weighted by molar-refractivity contribution is 9.10. The number of rotatable bonds is 1. The highest BCUT2D eigenvalue weighted by Gasteiger charge is 2.06. The Kier molecular flexibility index (Phi) is 2.64. The molecule has 0 spiro atoms. The fraction of sp³-hybridized carbons (Fsp3) is 0.100. The molecule has 0 saturated heterocycles. The molecule has 0 saturated carbocycles. The Morgan fingerprint density at radius 3 is 2.80 bits per heavy atom. The Labute approximate surface area is 94.5 Å². The number of halogens is 1. The summed E-state index contributed by atoms with van der Waals surface area (Å²) in [6, 6.07) is 5.46. The third kappa shape index (κ3) is 1.97. The van der Waals surface area contributed by atoms with E-state index in [1.54, 1.807) is 19.2 Å². The number of nitrogens with one attached hydrogen (secondary N) is 1. The zero-order valence-electron chi connectivity index (χ0n) is 7.99. The number of nitrogens with zero attached hydrogens (tertiary/aromatic N) is 2. The summed E-state index contributed by atoms with van der Waals surface area (Å²) in [4.78, 5) is 22.5. The number of hydrogen-bond donors (Lipinski definition) is 1. The first-order valence-electron chi connectivity index (χ1n) is 4.36. The average Bonchev–Trinajstić information content (AvgIpc) is 2.26. The minimum Gasteiger partial charge on any atom is -0.304 e. The summed E-state index contributed by atoms with van der Waals surface area (Å²) in [7, 11) is 0. The maximum absolute atomic E-state index is 11.5. The summed E-state index contributed by atoms with van der Waals surface area (Å²) in [5, 5.41) is 0. The molecule has 4 nitrogen and oxygen atoms in total. The van der Waals surface area contributed by atoms with Gasteiger partial charge >= 0.3 is 0 Å². The van der Waals surface area contributed by atoms with Gasteiger partial charge in [0.25, 0.3) is 5.56 Å². The molecule has 5 heteroatoms. The van der Waals surface area contributed by atoms with E-state index in [1.807, 2.05) is 12.1 Å². The van der Waals surface area contributed by atoms with Crippen molar-refractivity contribution in [3.05, 3.63) is 44.9 Å². The lowest BCUT2D eigenvalue weighted by Gasteiger charge is -2.01. The SMILES string of the molecule is Cc1nc(-c2ccccn2)[nH]c(=O)c1Br. The van der Waals surface area contributed by atoms with E-state index in [1.165, 1.54) is 0 Å². The number of H-pyrrole nitrogens is 1. The van der Waals surface area contributed by atoms with Crippen LogP contribution in [0.3, 0.4) is 0 Å². The van der Waals surface area contributed by atoms with Crippen LogP contribution >= 0.6 is 15.9 Å². The highest BCUT2D eigenvalue weighted by Crippen LogP contribution is 2.13. The zero-order valence-corrected chi connectivity index (χ0v) is 9.58. The van der Waals surface area contributed by atoms with E-state index < -0.39 is 0 Å². The largest absolute Gasteiger partial charge is 0.304 e. The molecule has 76 valence electrons. The second kappa shape index (κ2) is 3.94. The molecule has 0 radical (unpaired) electrons. The first kappa shape index (κ1) is 10.0. The summed E-state index contributed by atoms with van der Waals surface area (Å²) < 4.78 is 0.460. The lowest BCUT2D eigenvalue weighted by atomic mass is 10.3. The van der Waals surface area contributed by atoms with Crippen LogP contribution in [0.15, 0.2) is 33.7 Å². The quantitative estimate of drug-likeness (QED) is 0.857. The van der Waals surface area contributed by atoms with Crippen LogP contribution in [0.25, 0.3) is 11.5 Å². The van der Waals surface area contributed by atoms with E-state index in [0.717, 1.165) is 0 Å². The molecule has 2 aromatic heterocycles. The van der Waals surface area contributed by atoms with Crippen LogP contribution in [0.2, 0.25) is 0 Å². The van der Waals surface area contributed by atoms with E-state index in [-0.39, 0.29) is 5.56 Å². The maximum atomic E-state index is 11.5. The summed E-state index contributed by atoms with van der Waals surface area (Å²) in [6.07, 6.45) is 1.66. The molecule has 0 aliphatic carbocycles. The first-order chi connectivity index (χ1) is 7.18. The standard InChI is InChI=1S/C10H8BrN3O/c1-6-8(11)10(15)14-9(13-6)7-4-2-3-5-12-7/h2-5H,1H3,(H,13,14,15). The van der Waals surface area contributed by atoms with Crippen LogP contribution < -0.4 is 5.56 Å². The molecule has 1 N–H and O–H groups in total. The van der Waals surface area contributed by atoms with Crippen LogP contribution in [0.4, 0.5) is 0 Å². The molecule has 0 amide bonds. The third-order valence-electron chi connectivity index (χ3n) is 1.94. The van der Waals surface area contributed by atoms with Gasteiger partial charge in [-0.1, -0.05) is 6.07 Å². The van der Waals surface area contributed by atoms with Crippen molar-refractivity contribution in [2.45, 2.75) is 6.92 Å². The number of pyridine rings is 1. The molecule has 0 atom stereocenters. The number of aromatic nitrogens is 3. The molecule has 15 heavy (non-hydrogen) atoms. The topological polar surface area (TPSA) is 58.6 Å². The van der Waals surface area contributed by atoms with E-state index in [9.17, 15) is 4.79 Å². The van der Waals surface area contributed by atoms with Gasteiger partial charge in [0, 0.05) is 6.20 Å². The van der Waals surface area contributed by atoms with Crippen LogP contribution in [0.1, 0.15) is 5.69 Å². The van der Waals surface area contributed by atoms with Crippen LogP contribution in [-0.2, 0) is 0 Å². The van der Waals surface area contributed by atoms with Gasteiger partial charge in [-0.3, -0.25) is 9.78 Å². The van der Waals surface area contributed by atoms with Crippen molar-refractivity contribution in [3.63, 3.8) is 0 Å². The Bertz CT molecular complexity index is 536. The van der Waals surface area contributed by atoms with Crippen molar-refractivity contribution in [1.29, 1.82) is 0 Å². The number of hydrogen-bond acceptors (Lipinski definition) is 3. The van der Waals surface area contributed by atoms with Gasteiger partial charge in [0.15, 0.2) is 5.82 Å². The molecule has 2 rings (SSSR count). The third-order valence-corrected chi connectivity index (χ3v) is 2.87. The lowest BCUT2D eigenvalue weighted by molar-refractivity contribution is 1.04. The first-order valence-corrected chi connectivity index (χ1v) is 5.15. The van der Waals surface area contributed by atoms with E-state index in [4.69, 9.17) is 0 Å². The Hall–Kier alpha value is -1.49. The van der Waals surface area contributed by atoms with Gasteiger partial charge in [-0.05, 0) is 35.0 Å². The summed E-state index contributed by atoms with van der Waals surface area (Å²) in [5.74, 6) is 0.487. The summed E-state index contributed by atoms with van der Waals surface area (Å²) >= 11 is 3.16. The van der Waals surface area contributed by atoms with Gasteiger partial charge in [-0.15, -0.1) is 0 Å². The van der Waals surface area contributed by atoms with Crippen molar-refractivity contribution in [2.24, 2.45) is 0 Å². The van der Waals surface area contributed by atoms with Crippen molar-refractivity contribution >= 4 is 15.9 Å². The number of aromatic amines is 1. The fourth-order valence-corrected chi connectivity index (χ4v) is 1.38. The van der Waals surface area contributed by atoms with Gasteiger partial charge in [0.05, 0.1) is 5.69 Å². The smallest absolute Gasteiger partial charge is 0.265 e. The molecule has 2 heterocycles. The van der Waals surface area contributed by atoms with Gasteiger partial charge < -0.3 is 4.98 Å². The molecule has 0 aliphatic heterocycles. The van der Waals surface area contributed by atoms with Crippen molar-refractivity contribution in [3.8, 4) is 11.5 Å². The van der Waals surface area contributed by atoms with E-state index in [2.05, 4.69) is 30.9 Å². The molecule has 2 aromatic rings. The highest BCUT2D eigenvalue weighted by atomic mass is 79.9. The second-order valence-electron chi connectivity index (χ2n) is 3.03. The Morgan fingerprint density at radius 1 is 1.40 bits per heavy atom. The van der Waals surface area contributed by atoms with Gasteiger partial charge in [0.2, 0.25) is 0 Å². The zero-order chi connectivity index (χ0) is 10.8. The maximum Gasteiger partial charge on any atom is 0.265 e. The normalized spacial score (nSPS) is 10.3. The van der Waals surface area contributed by atoms with Gasteiger partial charge in [-0.25, -0.2) is 4.98 Å². The summed E-state index contributed by atoms with van der Waals surface area (Å²) in [6.45, 7) is 1.77. The molecular weight excluding hydrogens is 258 g/mol. The predicted molar refractivity (Wildman–Crippen MR) is 60.5 cm³/mol. The van der Waals surface area contributed by atoms with Gasteiger partial charge in [-0.2, -0.15) is 0 Å². The Morgan fingerprint density at radius 2 is 2.20 bits per heavy atom. The van der Waals surface area contributed by atoms with Crippen molar-refractivity contribution in [2.75, 3.05) is 0 Å². The monoisotopic (exact) mass is 265 g/mol. The van der Waals surface area contributed by atoms with Crippen molar-refractivity contribution in [1.82, 2.24) is 15.0 Å². The minimum absolute atomic E-state index is 0.192. The van der Waals surface area contributed by atoms with Crippen LogP contribution in [-0.4, -0.2) is 15.0 Å². The van der Waals surface area contributed by atoms with Gasteiger partial charge in [0.1, 0.15) is 10.2 Å². The minimum atomic E-state index is -0.192. The molecule has 0 aromatic carbocycles. The van der Waals surface area contributed by atoms with Crippen LogP contribution in [0, 0.1) is 6.92 Å². The second-order valence-corrected chi connectivity index (χ2v) is 3.82. The number of aryl methyl sites for hydroxylation is 1. The fourth-order valence-electron chi connectivity index (χ4n) is 1.20. The molecule has 0 aliphatic rings. The van der Waals surface area contributed by atoms with Crippen LogP contribution in [0.5, 0.6) is 0 Å². The lowest BCUT2D eigenvalue weighted by Crippen LogP contribution is -2.12. The van der Waals surface area contributed by atoms with E-state index in [0.29, 0.717) is 21.7 Å². The van der Waals surface area contributed by atoms with Crippen molar-refractivity contribution < 1.29 is 0 Å². The predicted octanol–water partition coefficient (Wildman–Crippen LogP) is 1.90. The summed E-state index contributed by atoms with van der Waals surface area (Å²) in [5.41, 5.74) is 1.12. The Balaban J connectivity index is 2.61. The molecule has 0 fully saturated rings.